The van der Waals surface area contributed by atoms with E-state index in [0.29, 0.717) is 19.3 Å². The second-order valence-electron chi connectivity index (χ2n) is 9.13. The first-order valence-electron chi connectivity index (χ1n) is 12.2. The van der Waals surface area contributed by atoms with Gasteiger partial charge in [-0.05, 0) is 43.4 Å². The summed E-state index contributed by atoms with van der Waals surface area (Å²) < 4.78 is 43.7. The zero-order valence-electron chi connectivity index (χ0n) is 20.4. The summed E-state index contributed by atoms with van der Waals surface area (Å²) in [6, 6.07) is 3.68. The lowest BCUT2D eigenvalue weighted by molar-refractivity contribution is -0.137. The van der Waals surface area contributed by atoms with E-state index in [1.165, 1.54) is 18.2 Å². The number of nitrogens with one attached hydrogen (secondary N) is 1. The topological polar surface area (TPSA) is 139 Å². The molecule has 0 heterocycles. The van der Waals surface area contributed by atoms with Crippen LogP contribution in [0.25, 0.3) is 0 Å². The Morgan fingerprint density at radius 3 is 2.57 bits per heavy atom. The molecule has 5 atom stereocenters. The number of carbonyl (C=O) groups is 1. The van der Waals surface area contributed by atoms with Crippen molar-refractivity contribution < 1.29 is 48.2 Å². The summed E-state index contributed by atoms with van der Waals surface area (Å²) in [6.45, 7) is -0.959. The van der Waals surface area contributed by atoms with E-state index >= 15 is 0 Å². The van der Waals surface area contributed by atoms with Crippen molar-refractivity contribution >= 4 is 5.91 Å². The van der Waals surface area contributed by atoms with Crippen molar-refractivity contribution in [1.82, 2.24) is 5.32 Å². The van der Waals surface area contributed by atoms with Gasteiger partial charge in [0.05, 0.1) is 37.0 Å². The van der Waals surface area contributed by atoms with Crippen LogP contribution in [0.4, 0.5) is 13.2 Å². The molecule has 1 fully saturated rings. The third-order valence-electron chi connectivity index (χ3n) is 6.21. The fraction of sp³-hybridized carbons (Fsp3) is 0.577. The molecule has 1 aliphatic carbocycles. The molecule has 0 radical (unpaired) electrons. The predicted octanol–water partition coefficient (Wildman–Crippen LogP) is 1.95. The molecule has 1 aliphatic rings. The number of aliphatic hydroxyl groups is 5. The highest BCUT2D eigenvalue weighted by Crippen LogP contribution is 2.36. The molecule has 2 rings (SSSR count). The van der Waals surface area contributed by atoms with Gasteiger partial charge in [0.25, 0.3) is 0 Å². The molecule has 1 aromatic carbocycles. The smallest absolute Gasteiger partial charge is 0.416 e. The van der Waals surface area contributed by atoms with Crippen molar-refractivity contribution in [2.45, 2.75) is 62.6 Å². The average molecular weight is 532 g/mol. The van der Waals surface area contributed by atoms with Gasteiger partial charge in [-0.1, -0.05) is 30.4 Å². The van der Waals surface area contributed by atoms with Crippen molar-refractivity contribution in [2.24, 2.45) is 11.8 Å². The van der Waals surface area contributed by atoms with Gasteiger partial charge in [-0.2, -0.15) is 13.2 Å². The van der Waals surface area contributed by atoms with Crippen LogP contribution < -0.4 is 10.1 Å². The Morgan fingerprint density at radius 1 is 1.16 bits per heavy atom. The van der Waals surface area contributed by atoms with Crippen molar-refractivity contribution in [3.8, 4) is 5.75 Å². The van der Waals surface area contributed by atoms with Gasteiger partial charge in [-0.25, -0.2) is 0 Å². The van der Waals surface area contributed by atoms with Crippen molar-refractivity contribution in [1.29, 1.82) is 0 Å². The molecule has 1 aromatic rings. The number of amides is 1. The third-order valence-corrected chi connectivity index (χ3v) is 6.21. The number of alkyl halides is 3. The fourth-order valence-corrected chi connectivity index (χ4v) is 4.16. The van der Waals surface area contributed by atoms with Crippen LogP contribution in [0, 0.1) is 11.8 Å². The number of halogens is 3. The molecular formula is C26H36F3NO7. The van der Waals surface area contributed by atoms with Crippen LogP contribution in [-0.2, 0) is 11.0 Å². The molecule has 208 valence electrons. The van der Waals surface area contributed by atoms with Crippen LogP contribution >= 0.6 is 0 Å². The first kappa shape index (κ1) is 30.8. The standard InChI is InChI=1S/C26H36F3NO7/c27-26(28,29)17-6-5-7-20(12-17)37-16-19(33)10-11-22-21(23(34)13-24(22)35)8-3-1-2-4-9-25(36)30-18(14-31)15-32/h1,3,5-7,10-12,18-19,21-24,31-35H,2,4,8-9,13-16H2,(H,30,36)/b3-1-,11-10+/t19-,21-,22+,23+,24-/m1/s1. The van der Waals surface area contributed by atoms with Gasteiger partial charge in [-0.15, -0.1) is 0 Å². The van der Waals surface area contributed by atoms with E-state index in [-0.39, 0.29) is 50.2 Å². The second kappa shape index (κ2) is 15.1. The van der Waals surface area contributed by atoms with Gasteiger partial charge in [0.15, 0.2) is 0 Å². The first-order valence-corrected chi connectivity index (χ1v) is 12.2. The number of hydrogen-bond donors (Lipinski definition) is 6. The number of unbranched alkanes of at least 4 members (excludes halogenated alkanes) is 1. The SMILES string of the molecule is O=C(CCC/C=C\C[C@@H]1[C@H](/C=C/[C@@H](O)COc2cccc(C(F)(F)F)c2)[C@H](O)C[C@@H]1O)NC(CO)CO. The summed E-state index contributed by atoms with van der Waals surface area (Å²) in [7, 11) is 0. The lowest BCUT2D eigenvalue weighted by Crippen LogP contribution is -2.39. The van der Waals surface area contributed by atoms with Crippen LogP contribution in [0.5, 0.6) is 5.75 Å². The van der Waals surface area contributed by atoms with E-state index in [1.807, 2.05) is 12.2 Å². The Kier molecular flexibility index (Phi) is 12.6. The highest BCUT2D eigenvalue weighted by atomic mass is 19.4. The van der Waals surface area contributed by atoms with Gasteiger partial charge < -0.3 is 35.6 Å². The van der Waals surface area contributed by atoms with Gasteiger partial charge in [0, 0.05) is 18.8 Å². The molecular weight excluding hydrogens is 495 g/mol. The van der Waals surface area contributed by atoms with E-state index in [9.17, 15) is 33.3 Å². The summed E-state index contributed by atoms with van der Waals surface area (Å²) in [5, 5.41) is 51.3. The number of benzene rings is 1. The maximum absolute atomic E-state index is 12.8. The summed E-state index contributed by atoms with van der Waals surface area (Å²) >= 11 is 0. The third kappa shape index (κ3) is 10.4. The van der Waals surface area contributed by atoms with E-state index < -0.39 is 42.0 Å². The first-order chi connectivity index (χ1) is 17.5. The number of ether oxygens (including phenoxy) is 1. The zero-order valence-corrected chi connectivity index (χ0v) is 20.4. The summed E-state index contributed by atoms with van der Waals surface area (Å²) in [4.78, 5) is 11.7. The van der Waals surface area contributed by atoms with Crippen molar-refractivity contribution in [3.05, 3.63) is 54.1 Å². The minimum atomic E-state index is -4.50. The highest BCUT2D eigenvalue weighted by molar-refractivity contribution is 5.76. The summed E-state index contributed by atoms with van der Waals surface area (Å²) in [5.74, 6) is -1.02. The Balaban J connectivity index is 1.80. The highest BCUT2D eigenvalue weighted by Gasteiger charge is 2.39. The quantitative estimate of drug-likeness (QED) is 0.159. The number of carbonyl (C=O) groups excluding carboxylic acids is 1. The predicted molar refractivity (Wildman–Crippen MR) is 129 cm³/mol. The maximum Gasteiger partial charge on any atom is 0.416 e. The molecule has 8 nitrogen and oxygen atoms in total. The molecule has 0 saturated heterocycles. The molecule has 0 unspecified atom stereocenters. The molecule has 0 spiro atoms. The number of allylic oxidation sites excluding steroid dienone is 2. The van der Waals surface area contributed by atoms with Gasteiger partial charge in [-0.3, -0.25) is 4.79 Å². The number of rotatable bonds is 14. The summed E-state index contributed by atoms with van der Waals surface area (Å²) in [6.07, 6.45) is 1.61. The van der Waals surface area contributed by atoms with E-state index in [2.05, 4.69) is 5.32 Å². The molecule has 37 heavy (non-hydrogen) atoms. The summed E-state index contributed by atoms with van der Waals surface area (Å²) in [5.41, 5.74) is -0.853. The van der Waals surface area contributed by atoms with E-state index in [4.69, 9.17) is 14.9 Å². The van der Waals surface area contributed by atoms with E-state index in [1.54, 1.807) is 6.08 Å². The molecule has 6 N–H and O–H groups in total. The number of hydrogen-bond acceptors (Lipinski definition) is 7. The van der Waals surface area contributed by atoms with Crippen LogP contribution in [0.3, 0.4) is 0 Å². The largest absolute Gasteiger partial charge is 0.491 e. The normalized spacial score (nSPS) is 23.3. The number of aliphatic hydroxyl groups excluding tert-OH is 5. The minimum absolute atomic E-state index is 0.0271. The van der Waals surface area contributed by atoms with Crippen LogP contribution in [0.15, 0.2) is 48.6 Å². The minimum Gasteiger partial charge on any atom is -0.491 e. The van der Waals surface area contributed by atoms with Crippen LogP contribution in [0.2, 0.25) is 0 Å². The molecule has 1 saturated carbocycles. The fourth-order valence-electron chi connectivity index (χ4n) is 4.16. The monoisotopic (exact) mass is 531 g/mol. The van der Waals surface area contributed by atoms with Gasteiger partial charge in [0.2, 0.25) is 5.91 Å². The van der Waals surface area contributed by atoms with E-state index in [0.717, 1.165) is 12.1 Å². The lowest BCUT2D eigenvalue weighted by atomic mass is 9.89. The molecule has 0 aliphatic heterocycles. The molecule has 0 bridgehead atoms. The maximum atomic E-state index is 12.8. The second-order valence-corrected chi connectivity index (χ2v) is 9.13. The van der Waals surface area contributed by atoms with Gasteiger partial charge >= 0.3 is 6.18 Å². The average Bonchev–Trinajstić information content (AvgIpc) is 3.13. The lowest BCUT2D eigenvalue weighted by Gasteiger charge is -2.19. The van der Waals surface area contributed by atoms with Crippen LogP contribution in [0.1, 0.15) is 37.7 Å². The van der Waals surface area contributed by atoms with Crippen molar-refractivity contribution in [3.63, 3.8) is 0 Å². The molecule has 1 amide bonds. The van der Waals surface area contributed by atoms with Gasteiger partial charge in [0.1, 0.15) is 18.5 Å². The Morgan fingerprint density at radius 2 is 1.89 bits per heavy atom. The van der Waals surface area contributed by atoms with Crippen molar-refractivity contribution in [2.75, 3.05) is 19.8 Å². The molecule has 11 heteroatoms. The Labute approximate surface area is 214 Å². The Hall–Kier alpha value is -2.44. The van der Waals surface area contributed by atoms with Crippen LogP contribution in [-0.4, -0.2) is 75.6 Å². The zero-order chi connectivity index (χ0) is 27.4. The Bertz CT molecular complexity index is 889. The molecule has 0 aromatic heterocycles.